The number of esters is 1. The number of carbonyl (C=O) groups excluding carboxylic acids is 1. The van der Waals surface area contributed by atoms with Crippen LogP contribution in [-0.4, -0.2) is 13.1 Å². The van der Waals surface area contributed by atoms with E-state index in [1.54, 1.807) is 24.3 Å². The normalized spacial score (nSPS) is 10.2. The van der Waals surface area contributed by atoms with Crippen LogP contribution in [0.25, 0.3) is 0 Å². The molecule has 0 bridgehead atoms. The summed E-state index contributed by atoms with van der Waals surface area (Å²) in [5.74, 6) is -0.801. The van der Waals surface area contributed by atoms with Gasteiger partial charge in [-0.3, -0.25) is 0 Å². The van der Waals surface area contributed by atoms with E-state index < -0.39 is 5.97 Å². The van der Waals surface area contributed by atoms with Crippen molar-refractivity contribution < 1.29 is 13.9 Å². The molecule has 2 rings (SSSR count). The first kappa shape index (κ1) is 14.3. The molecule has 3 N–H and O–H groups in total. The van der Waals surface area contributed by atoms with Crippen molar-refractivity contribution in [2.75, 3.05) is 18.2 Å². The number of methoxy groups -OCH3 is 1. The van der Waals surface area contributed by atoms with Crippen LogP contribution in [0.4, 0.5) is 21.5 Å². The average molecular weight is 339 g/mol. The molecule has 0 spiro atoms. The maximum atomic E-state index is 13.0. The average Bonchev–Trinajstić information content (AvgIpc) is 2.43. The number of carbonyl (C=O) groups is 1. The van der Waals surface area contributed by atoms with E-state index in [1.807, 2.05) is 0 Å². The number of nitrogens with one attached hydrogen (secondary N) is 1. The quantitative estimate of drug-likeness (QED) is 0.661. The van der Waals surface area contributed by atoms with E-state index in [4.69, 9.17) is 5.73 Å². The minimum absolute atomic E-state index is 0.348. The van der Waals surface area contributed by atoms with Gasteiger partial charge < -0.3 is 15.8 Å². The Hall–Kier alpha value is -2.08. The van der Waals surface area contributed by atoms with Crippen LogP contribution < -0.4 is 11.1 Å². The molecule has 0 aliphatic carbocycles. The van der Waals surface area contributed by atoms with Gasteiger partial charge in [-0.2, -0.15) is 0 Å². The molecule has 0 heterocycles. The number of nitrogens with two attached hydrogens (primary N) is 1. The summed E-state index contributed by atoms with van der Waals surface area (Å²) in [7, 11) is 1.31. The summed E-state index contributed by atoms with van der Waals surface area (Å²) in [4.78, 5) is 11.5. The summed E-state index contributed by atoms with van der Waals surface area (Å²) >= 11 is 3.26. The van der Waals surface area contributed by atoms with Crippen LogP contribution >= 0.6 is 15.9 Å². The molecule has 0 saturated heterocycles. The maximum Gasteiger partial charge on any atom is 0.337 e. The Balaban J connectivity index is 2.35. The first-order valence-corrected chi connectivity index (χ1v) is 6.50. The second-order valence-corrected chi connectivity index (χ2v) is 4.90. The van der Waals surface area contributed by atoms with Crippen molar-refractivity contribution in [3.8, 4) is 0 Å². The molecule has 0 atom stereocenters. The summed E-state index contributed by atoms with van der Waals surface area (Å²) in [5, 5.41) is 3.04. The smallest absolute Gasteiger partial charge is 0.337 e. The summed E-state index contributed by atoms with van der Waals surface area (Å²) in [6.45, 7) is 0. The van der Waals surface area contributed by atoms with Crippen LogP contribution in [0.2, 0.25) is 0 Å². The van der Waals surface area contributed by atoms with Crippen molar-refractivity contribution in [2.24, 2.45) is 0 Å². The van der Waals surface area contributed by atoms with Crippen LogP contribution in [0, 0.1) is 5.82 Å². The second kappa shape index (κ2) is 5.92. The van der Waals surface area contributed by atoms with Crippen molar-refractivity contribution >= 4 is 39.0 Å². The molecule has 0 unspecified atom stereocenters. The van der Waals surface area contributed by atoms with Gasteiger partial charge in [0, 0.05) is 4.47 Å². The van der Waals surface area contributed by atoms with Gasteiger partial charge in [-0.1, -0.05) is 0 Å². The molecule has 0 radical (unpaired) electrons. The monoisotopic (exact) mass is 338 g/mol. The minimum Gasteiger partial charge on any atom is -0.465 e. The number of anilines is 3. The van der Waals surface area contributed by atoms with Gasteiger partial charge >= 0.3 is 5.97 Å². The maximum absolute atomic E-state index is 13.0. The largest absolute Gasteiger partial charge is 0.465 e. The summed E-state index contributed by atoms with van der Waals surface area (Å²) in [6.07, 6.45) is 0. The standard InChI is InChI=1S/C14H12BrFN2O2/c1-20-14(19)8-2-4-11(17)13(6-8)18-12-5-3-9(16)7-10(12)15/h2-7,18H,17H2,1H3. The third-order valence-electron chi connectivity index (χ3n) is 2.67. The molecule has 0 saturated carbocycles. The molecule has 0 aromatic heterocycles. The third-order valence-corrected chi connectivity index (χ3v) is 3.33. The lowest BCUT2D eigenvalue weighted by molar-refractivity contribution is 0.0601. The number of nitrogen functional groups attached to an aromatic ring is 1. The molecular weight excluding hydrogens is 327 g/mol. The van der Waals surface area contributed by atoms with E-state index in [2.05, 4.69) is 26.0 Å². The Morgan fingerprint density at radius 1 is 1.25 bits per heavy atom. The van der Waals surface area contributed by atoms with Crippen LogP contribution in [0.1, 0.15) is 10.4 Å². The fourth-order valence-corrected chi connectivity index (χ4v) is 2.10. The molecule has 6 heteroatoms. The van der Waals surface area contributed by atoms with E-state index in [1.165, 1.54) is 19.2 Å². The van der Waals surface area contributed by atoms with E-state index >= 15 is 0 Å². The van der Waals surface area contributed by atoms with E-state index in [9.17, 15) is 9.18 Å². The highest BCUT2D eigenvalue weighted by atomic mass is 79.9. The lowest BCUT2D eigenvalue weighted by atomic mass is 10.1. The van der Waals surface area contributed by atoms with Gasteiger partial charge in [-0.25, -0.2) is 9.18 Å². The van der Waals surface area contributed by atoms with Gasteiger partial charge in [0.05, 0.1) is 29.7 Å². The van der Waals surface area contributed by atoms with E-state index in [0.29, 0.717) is 27.1 Å². The van der Waals surface area contributed by atoms with Gasteiger partial charge in [-0.15, -0.1) is 0 Å². The molecule has 0 aliphatic heterocycles. The summed E-state index contributed by atoms with van der Waals surface area (Å²) in [5.41, 5.74) is 7.88. The molecule has 2 aromatic rings. The van der Waals surface area contributed by atoms with Gasteiger partial charge in [0.1, 0.15) is 5.82 Å². The Labute approximate surface area is 123 Å². The molecule has 0 amide bonds. The molecule has 2 aromatic carbocycles. The lowest BCUT2D eigenvalue weighted by Crippen LogP contribution is -2.04. The second-order valence-electron chi connectivity index (χ2n) is 4.04. The van der Waals surface area contributed by atoms with Crippen LogP contribution in [0.5, 0.6) is 0 Å². The Morgan fingerprint density at radius 2 is 2.00 bits per heavy atom. The predicted molar refractivity (Wildman–Crippen MR) is 79.6 cm³/mol. The van der Waals surface area contributed by atoms with Crippen molar-refractivity contribution in [1.82, 2.24) is 0 Å². The fraction of sp³-hybridized carbons (Fsp3) is 0.0714. The van der Waals surface area contributed by atoms with E-state index in [0.717, 1.165) is 0 Å². The van der Waals surface area contributed by atoms with Gasteiger partial charge in [0.15, 0.2) is 0 Å². The van der Waals surface area contributed by atoms with Gasteiger partial charge in [0.25, 0.3) is 0 Å². The molecule has 20 heavy (non-hydrogen) atoms. The van der Waals surface area contributed by atoms with Crippen LogP contribution in [0.3, 0.4) is 0 Å². The zero-order valence-electron chi connectivity index (χ0n) is 10.6. The van der Waals surface area contributed by atoms with Crippen molar-refractivity contribution in [1.29, 1.82) is 0 Å². The van der Waals surface area contributed by atoms with Gasteiger partial charge in [0.2, 0.25) is 0 Å². The Bertz CT molecular complexity index is 662. The van der Waals surface area contributed by atoms with Crippen molar-refractivity contribution in [3.63, 3.8) is 0 Å². The number of benzene rings is 2. The molecular formula is C14H12BrFN2O2. The highest BCUT2D eigenvalue weighted by Crippen LogP contribution is 2.30. The van der Waals surface area contributed by atoms with Crippen molar-refractivity contribution in [2.45, 2.75) is 0 Å². The molecule has 0 aliphatic rings. The number of ether oxygens (including phenoxy) is 1. The number of halogens is 2. The first-order valence-electron chi connectivity index (χ1n) is 5.71. The lowest BCUT2D eigenvalue weighted by Gasteiger charge is -2.12. The number of rotatable bonds is 3. The molecule has 4 nitrogen and oxygen atoms in total. The molecule has 0 fully saturated rings. The zero-order chi connectivity index (χ0) is 14.7. The Kier molecular flexibility index (Phi) is 4.24. The number of hydrogen-bond acceptors (Lipinski definition) is 4. The first-order chi connectivity index (χ1) is 9.51. The predicted octanol–water partition coefficient (Wildman–Crippen LogP) is 3.70. The summed E-state index contributed by atoms with van der Waals surface area (Å²) in [6, 6.07) is 8.99. The minimum atomic E-state index is -0.453. The highest BCUT2D eigenvalue weighted by molar-refractivity contribution is 9.10. The van der Waals surface area contributed by atoms with Crippen LogP contribution in [0.15, 0.2) is 40.9 Å². The van der Waals surface area contributed by atoms with E-state index in [-0.39, 0.29) is 5.82 Å². The number of hydrogen-bond donors (Lipinski definition) is 2. The summed E-state index contributed by atoms with van der Waals surface area (Å²) < 4.78 is 18.2. The fourth-order valence-electron chi connectivity index (χ4n) is 1.65. The SMILES string of the molecule is COC(=O)c1ccc(N)c(Nc2ccc(F)cc2Br)c1. The van der Waals surface area contributed by atoms with Crippen molar-refractivity contribution in [3.05, 3.63) is 52.3 Å². The third kappa shape index (κ3) is 3.08. The molecule has 104 valence electrons. The zero-order valence-corrected chi connectivity index (χ0v) is 12.2. The Morgan fingerprint density at radius 3 is 2.65 bits per heavy atom. The van der Waals surface area contributed by atoms with Gasteiger partial charge in [-0.05, 0) is 52.3 Å². The topological polar surface area (TPSA) is 64.3 Å². The van der Waals surface area contributed by atoms with Crippen LogP contribution in [-0.2, 0) is 4.74 Å². The highest BCUT2D eigenvalue weighted by Gasteiger charge is 2.10.